The number of furan rings is 1. The van der Waals surface area contributed by atoms with Crippen molar-refractivity contribution < 1.29 is 23.6 Å². The van der Waals surface area contributed by atoms with Gasteiger partial charge in [0.05, 0.1) is 28.8 Å². The molecule has 0 bridgehead atoms. The molecular weight excluding hydrogens is 443 g/mol. The summed E-state index contributed by atoms with van der Waals surface area (Å²) < 4.78 is 19.0. The van der Waals surface area contributed by atoms with E-state index in [1.54, 1.807) is 12.1 Å². The van der Waals surface area contributed by atoms with E-state index in [0.717, 1.165) is 17.7 Å². The molecule has 9 nitrogen and oxygen atoms in total. The van der Waals surface area contributed by atoms with Crippen LogP contribution in [-0.4, -0.2) is 26.0 Å². The molecule has 2 aromatic carbocycles. The van der Waals surface area contributed by atoms with Gasteiger partial charge in [0.1, 0.15) is 11.5 Å². The Morgan fingerprint density at radius 1 is 1.18 bits per heavy atom. The van der Waals surface area contributed by atoms with E-state index in [9.17, 15) is 24.4 Å². The highest BCUT2D eigenvalue weighted by molar-refractivity contribution is 5.95. The third-order valence-corrected chi connectivity index (χ3v) is 4.81. The molecule has 2 aromatic heterocycles. The third kappa shape index (κ3) is 5.13. The van der Waals surface area contributed by atoms with Crippen LogP contribution in [0.2, 0.25) is 0 Å². The van der Waals surface area contributed by atoms with Crippen LogP contribution in [0, 0.1) is 15.9 Å². The Morgan fingerprint density at radius 3 is 2.65 bits per heavy atom. The molecule has 4 aromatic rings. The molecule has 0 aliphatic carbocycles. The Kier molecular flexibility index (Phi) is 6.40. The second-order valence-electron chi connectivity index (χ2n) is 7.14. The highest BCUT2D eigenvalue weighted by Crippen LogP contribution is 2.27. The zero-order chi connectivity index (χ0) is 24.1. The van der Waals surface area contributed by atoms with E-state index in [0.29, 0.717) is 23.4 Å². The molecule has 0 radical (unpaired) electrons. The number of nitrogens with one attached hydrogen (secondary N) is 1. The Morgan fingerprint density at radius 2 is 1.97 bits per heavy atom. The van der Waals surface area contributed by atoms with Crippen LogP contribution in [0.5, 0.6) is 0 Å². The fourth-order valence-electron chi connectivity index (χ4n) is 3.19. The minimum atomic E-state index is -1.23. The molecule has 4 rings (SSSR count). The van der Waals surface area contributed by atoms with E-state index in [-0.39, 0.29) is 17.2 Å². The van der Waals surface area contributed by atoms with Crippen molar-refractivity contribution in [1.82, 2.24) is 9.97 Å². The lowest BCUT2D eigenvalue weighted by Gasteiger charge is -2.13. The van der Waals surface area contributed by atoms with Crippen molar-refractivity contribution in [3.8, 4) is 11.3 Å². The van der Waals surface area contributed by atoms with Crippen molar-refractivity contribution in [1.29, 1.82) is 0 Å². The molecule has 0 atom stereocenters. The summed E-state index contributed by atoms with van der Waals surface area (Å²) in [4.78, 5) is 31.0. The SMILES string of the molecule is O=C(O)/C(=C/c1ccco1)Nc1ncc(-c2ccc(F)c([N+](=O)[O-])c2)nc1Cc1ccccc1. The number of nitro groups is 1. The van der Waals surface area contributed by atoms with Gasteiger partial charge in [-0.2, -0.15) is 4.39 Å². The Labute approximate surface area is 192 Å². The summed E-state index contributed by atoms with van der Waals surface area (Å²) in [6.45, 7) is 0. The van der Waals surface area contributed by atoms with Crippen LogP contribution in [0.1, 0.15) is 17.0 Å². The number of nitrogens with zero attached hydrogens (tertiary/aromatic N) is 3. The van der Waals surface area contributed by atoms with Gasteiger partial charge in [-0.1, -0.05) is 30.3 Å². The van der Waals surface area contributed by atoms with Crippen molar-refractivity contribution in [2.75, 3.05) is 5.32 Å². The third-order valence-electron chi connectivity index (χ3n) is 4.81. The zero-order valence-corrected chi connectivity index (χ0v) is 17.5. The zero-order valence-electron chi connectivity index (χ0n) is 17.5. The fraction of sp³-hybridized carbons (Fsp3) is 0.0417. The van der Waals surface area contributed by atoms with Gasteiger partial charge in [0.25, 0.3) is 0 Å². The Bertz CT molecular complexity index is 1370. The predicted octanol–water partition coefficient (Wildman–Crippen LogP) is 4.91. The molecule has 0 unspecified atom stereocenters. The molecule has 0 saturated carbocycles. The summed E-state index contributed by atoms with van der Waals surface area (Å²) in [5, 5.41) is 23.6. The molecule has 0 aliphatic rings. The average Bonchev–Trinajstić information content (AvgIpc) is 3.33. The largest absolute Gasteiger partial charge is 0.477 e. The number of anilines is 1. The van der Waals surface area contributed by atoms with E-state index >= 15 is 0 Å². The van der Waals surface area contributed by atoms with Gasteiger partial charge in [-0.3, -0.25) is 10.1 Å². The fourth-order valence-corrected chi connectivity index (χ4v) is 3.19. The number of aliphatic carboxylic acids is 1. The summed E-state index contributed by atoms with van der Waals surface area (Å²) in [6.07, 6.45) is 4.36. The molecule has 0 spiro atoms. The average molecular weight is 460 g/mol. The molecular formula is C24H17FN4O5. The highest BCUT2D eigenvalue weighted by Gasteiger charge is 2.18. The lowest BCUT2D eigenvalue weighted by molar-refractivity contribution is -0.387. The summed E-state index contributed by atoms with van der Waals surface area (Å²) in [5.41, 5.74) is 0.971. The van der Waals surface area contributed by atoms with E-state index in [4.69, 9.17) is 4.42 Å². The molecule has 170 valence electrons. The first-order valence-electron chi connectivity index (χ1n) is 10.0. The van der Waals surface area contributed by atoms with Gasteiger partial charge in [0.2, 0.25) is 5.82 Å². The van der Waals surface area contributed by atoms with E-state index in [2.05, 4.69) is 15.3 Å². The van der Waals surface area contributed by atoms with Gasteiger partial charge in [-0.05, 0) is 29.8 Å². The minimum Gasteiger partial charge on any atom is -0.477 e. The van der Waals surface area contributed by atoms with Gasteiger partial charge in [0.15, 0.2) is 5.82 Å². The lowest BCUT2D eigenvalue weighted by atomic mass is 10.1. The number of halogens is 1. The molecule has 0 saturated heterocycles. The van der Waals surface area contributed by atoms with Crippen LogP contribution in [0.3, 0.4) is 0 Å². The first kappa shape index (κ1) is 22.3. The predicted molar refractivity (Wildman–Crippen MR) is 121 cm³/mol. The number of hydrogen-bond donors (Lipinski definition) is 2. The number of rotatable bonds is 8. The monoisotopic (exact) mass is 460 g/mol. The Balaban J connectivity index is 1.76. The van der Waals surface area contributed by atoms with Crippen LogP contribution in [0.25, 0.3) is 17.3 Å². The number of aromatic nitrogens is 2. The minimum absolute atomic E-state index is 0.185. The number of nitro benzene ring substituents is 1. The second-order valence-corrected chi connectivity index (χ2v) is 7.14. The highest BCUT2D eigenvalue weighted by atomic mass is 19.1. The van der Waals surface area contributed by atoms with Gasteiger partial charge in [0, 0.05) is 24.1 Å². The van der Waals surface area contributed by atoms with Crippen LogP contribution in [0.15, 0.2) is 83.2 Å². The summed E-state index contributed by atoms with van der Waals surface area (Å²) in [7, 11) is 0. The number of carboxylic acid groups (broad SMARTS) is 1. The van der Waals surface area contributed by atoms with Crippen LogP contribution >= 0.6 is 0 Å². The Hall–Kier alpha value is -4.86. The first-order valence-corrected chi connectivity index (χ1v) is 10.0. The molecule has 2 heterocycles. The van der Waals surface area contributed by atoms with Crippen molar-refractivity contribution in [3.63, 3.8) is 0 Å². The lowest BCUT2D eigenvalue weighted by Crippen LogP contribution is -2.14. The number of benzene rings is 2. The second kappa shape index (κ2) is 9.74. The maximum absolute atomic E-state index is 13.8. The first-order chi connectivity index (χ1) is 16.4. The molecule has 0 fully saturated rings. The number of carbonyl (C=O) groups is 1. The van der Waals surface area contributed by atoms with E-state index < -0.39 is 22.4 Å². The maximum atomic E-state index is 13.8. The number of hydrogen-bond acceptors (Lipinski definition) is 7. The smallest absolute Gasteiger partial charge is 0.352 e. The summed E-state index contributed by atoms with van der Waals surface area (Å²) in [6, 6.07) is 16.0. The standard InChI is InChI=1S/C24H17FN4O5/c25-18-9-8-16(12-22(18)29(32)33)21-14-26-23(19(27-21)11-15-5-2-1-3-6-15)28-20(24(30)31)13-17-7-4-10-34-17/h1-10,12-14H,11H2,(H,26,28)(H,30,31)/b20-13-. The quantitative estimate of drug-likeness (QED) is 0.215. The van der Waals surface area contributed by atoms with Crippen molar-refractivity contribution in [2.45, 2.75) is 6.42 Å². The van der Waals surface area contributed by atoms with Crippen molar-refractivity contribution >= 4 is 23.6 Å². The maximum Gasteiger partial charge on any atom is 0.352 e. The molecule has 34 heavy (non-hydrogen) atoms. The molecule has 0 amide bonds. The van der Waals surface area contributed by atoms with Gasteiger partial charge >= 0.3 is 11.7 Å². The van der Waals surface area contributed by atoms with Crippen LogP contribution in [-0.2, 0) is 11.2 Å². The summed E-state index contributed by atoms with van der Waals surface area (Å²) >= 11 is 0. The van der Waals surface area contributed by atoms with Crippen molar-refractivity contribution in [3.05, 3.63) is 112 Å². The van der Waals surface area contributed by atoms with Gasteiger partial charge in [-0.15, -0.1) is 0 Å². The molecule has 2 N–H and O–H groups in total. The van der Waals surface area contributed by atoms with E-state index in [1.807, 2.05) is 30.3 Å². The van der Waals surface area contributed by atoms with Crippen LogP contribution in [0.4, 0.5) is 15.9 Å². The van der Waals surface area contributed by atoms with Gasteiger partial charge in [-0.25, -0.2) is 14.8 Å². The van der Waals surface area contributed by atoms with Crippen molar-refractivity contribution in [2.24, 2.45) is 0 Å². The molecule has 0 aliphatic heterocycles. The van der Waals surface area contributed by atoms with Crippen LogP contribution < -0.4 is 5.32 Å². The topological polar surface area (TPSA) is 131 Å². The van der Waals surface area contributed by atoms with E-state index in [1.165, 1.54) is 24.6 Å². The van der Waals surface area contributed by atoms with Gasteiger partial charge < -0.3 is 14.8 Å². The number of carboxylic acids is 1. The normalized spacial score (nSPS) is 11.3. The summed E-state index contributed by atoms with van der Waals surface area (Å²) in [5.74, 6) is -1.68. The molecule has 10 heteroatoms.